The molecule has 5 heteroatoms. The van der Waals surface area contributed by atoms with E-state index in [1.807, 2.05) is 18.2 Å². The number of hydrogen-bond acceptors (Lipinski definition) is 3. The molecule has 0 atom stereocenters. The number of fused-ring (bicyclic) bond motifs is 12. The highest BCUT2D eigenvalue weighted by Crippen LogP contribution is 2.42. The maximum atomic E-state index is 5.32. The fourth-order valence-corrected chi connectivity index (χ4v) is 10.0. The molecule has 13 rings (SSSR count). The van der Waals surface area contributed by atoms with Crippen molar-refractivity contribution >= 4 is 81.6 Å². The largest absolute Gasteiger partial charge is 0.313 e. The molecule has 1 aliphatic carbocycles. The van der Waals surface area contributed by atoms with E-state index in [4.69, 9.17) is 15.0 Å². The first-order valence-corrected chi connectivity index (χ1v) is 21.3. The predicted molar refractivity (Wildman–Crippen MR) is 259 cm³/mol. The lowest BCUT2D eigenvalue weighted by molar-refractivity contribution is 0.979. The average Bonchev–Trinajstić information content (AvgIpc) is 3.87. The Morgan fingerprint density at radius 3 is 1.50 bits per heavy atom. The Morgan fingerprint density at radius 2 is 0.871 bits per heavy atom. The van der Waals surface area contributed by atoms with Crippen LogP contribution in [0.2, 0.25) is 0 Å². The molecule has 0 bridgehead atoms. The summed E-state index contributed by atoms with van der Waals surface area (Å²) in [7, 11) is 0. The maximum Gasteiger partial charge on any atom is 0.164 e. The Labute approximate surface area is 357 Å². The Morgan fingerprint density at radius 1 is 0.355 bits per heavy atom. The summed E-state index contributed by atoms with van der Waals surface area (Å²) in [5.74, 6) is 1.92. The van der Waals surface area contributed by atoms with Crippen LogP contribution < -0.4 is 0 Å². The molecule has 290 valence electrons. The second-order valence-corrected chi connectivity index (χ2v) is 16.3. The van der Waals surface area contributed by atoms with Crippen LogP contribution in [0.1, 0.15) is 12.8 Å². The van der Waals surface area contributed by atoms with Gasteiger partial charge in [-0.25, -0.2) is 15.0 Å². The van der Waals surface area contributed by atoms with E-state index in [0.29, 0.717) is 17.5 Å². The van der Waals surface area contributed by atoms with E-state index in [1.54, 1.807) is 0 Å². The molecule has 9 aromatic carbocycles. The molecule has 0 saturated heterocycles. The van der Waals surface area contributed by atoms with Crippen LogP contribution in [0.25, 0.3) is 121 Å². The van der Waals surface area contributed by atoms with Gasteiger partial charge < -0.3 is 9.13 Å². The van der Waals surface area contributed by atoms with Gasteiger partial charge in [0.05, 0.1) is 27.8 Å². The highest BCUT2D eigenvalue weighted by Gasteiger charge is 2.22. The van der Waals surface area contributed by atoms with Crippen molar-refractivity contribution in [3.05, 3.63) is 200 Å². The van der Waals surface area contributed by atoms with Crippen molar-refractivity contribution in [2.75, 3.05) is 0 Å². The van der Waals surface area contributed by atoms with Gasteiger partial charge in [-0.2, -0.15) is 0 Å². The van der Waals surface area contributed by atoms with E-state index in [2.05, 4.69) is 191 Å². The van der Waals surface area contributed by atoms with E-state index in [0.717, 1.165) is 40.7 Å². The Hall–Kier alpha value is -8.15. The zero-order chi connectivity index (χ0) is 40.7. The first-order valence-electron chi connectivity index (χ1n) is 21.3. The van der Waals surface area contributed by atoms with Gasteiger partial charge in [-0.1, -0.05) is 158 Å². The second kappa shape index (κ2) is 13.7. The summed E-state index contributed by atoms with van der Waals surface area (Å²) in [6, 6.07) is 65.3. The minimum Gasteiger partial charge on any atom is -0.313 e. The van der Waals surface area contributed by atoms with Gasteiger partial charge in [0.2, 0.25) is 0 Å². The smallest absolute Gasteiger partial charge is 0.164 e. The van der Waals surface area contributed by atoms with Crippen LogP contribution in [0.15, 0.2) is 200 Å². The summed E-state index contributed by atoms with van der Waals surface area (Å²) in [6.07, 6.45) is 8.65. The van der Waals surface area contributed by atoms with E-state index >= 15 is 0 Å². The summed E-state index contributed by atoms with van der Waals surface area (Å²) < 4.78 is 4.91. The topological polar surface area (TPSA) is 48.5 Å². The standard InChI is InChI=1S/C57H37N5/c1-3-16-36(17-4-1)55-58-56(37-30-32-44-42-22-8-7-20-40(42)41-21-9-10-23-43(41)48(44)34-37)60-57(59-55)38-31-33-47-53(35-38)61(39-18-5-2-6-19-39)51-28-15-29-52(54(47)51)62-49-26-13-11-24-45(49)46-25-12-14-27-50(46)62/h1-5,7-18,20-35H,6,19H2. The van der Waals surface area contributed by atoms with Gasteiger partial charge in [-0.15, -0.1) is 0 Å². The van der Waals surface area contributed by atoms with Crippen LogP contribution in [0.5, 0.6) is 0 Å². The van der Waals surface area contributed by atoms with Crippen molar-refractivity contribution in [1.29, 1.82) is 0 Å². The highest BCUT2D eigenvalue weighted by molar-refractivity contribution is 6.26. The number of para-hydroxylation sites is 2. The number of rotatable bonds is 5. The third-order valence-electron chi connectivity index (χ3n) is 12.8. The van der Waals surface area contributed by atoms with Gasteiger partial charge in [-0.3, -0.25) is 0 Å². The first-order chi connectivity index (χ1) is 30.8. The Bertz CT molecular complexity index is 3780. The summed E-state index contributed by atoms with van der Waals surface area (Å²) in [5.41, 5.74) is 9.94. The van der Waals surface area contributed by atoms with Crippen LogP contribution in [-0.4, -0.2) is 24.1 Å². The lowest BCUT2D eigenvalue weighted by Crippen LogP contribution is -2.01. The Balaban J connectivity index is 1.06. The number of aromatic nitrogens is 5. The summed E-state index contributed by atoms with van der Waals surface area (Å²) in [6.45, 7) is 0. The first kappa shape index (κ1) is 34.7. The Kier molecular flexibility index (Phi) is 7.66. The van der Waals surface area contributed by atoms with Gasteiger partial charge in [0, 0.05) is 43.9 Å². The predicted octanol–water partition coefficient (Wildman–Crippen LogP) is 14.7. The number of allylic oxidation sites excluding steroid dienone is 4. The normalized spacial score (nSPS) is 13.1. The van der Waals surface area contributed by atoms with Crippen LogP contribution in [0.3, 0.4) is 0 Å². The molecular formula is C57H37N5. The molecule has 1 aliphatic rings. The lowest BCUT2D eigenvalue weighted by Gasteiger charge is -2.15. The SMILES string of the molecule is C1=CCCC(n2c3cc(-c4nc(-c5ccccc5)nc(-c5ccc6c7ccccc7c7ccccc7c6c5)n4)ccc3c3c(-n4c5ccccc5c5ccccc54)cccc32)=C1. The van der Waals surface area contributed by atoms with E-state index in [1.165, 1.54) is 76.1 Å². The minimum atomic E-state index is 0.635. The highest BCUT2D eigenvalue weighted by atomic mass is 15.0. The van der Waals surface area contributed by atoms with E-state index in [-0.39, 0.29) is 0 Å². The molecule has 0 fully saturated rings. The second-order valence-electron chi connectivity index (χ2n) is 16.3. The molecule has 0 radical (unpaired) electrons. The summed E-state index contributed by atoms with van der Waals surface area (Å²) >= 11 is 0. The van der Waals surface area contributed by atoms with Crippen molar-refractivity contribution in [2.45, 2.75) is 12.8 Å². The van der Waals surface area contributed by atoms with Gasteiger partial charge >= 0.3 is 0 Å². The number of benzene rings is 9. The number of hydrogen-bond donors (Lipinski definition) is 0. The van der Waals surface area contributed by atoms with Crippen molar-refractivity contribution in [3.8, 4) is 39.9 Å². The van der Waals surface area contributed by atoms with Crippen LogP contribution in [0, 0.1) is 0 Å². The van der Waals surface area contributed by atoms with Crippen molar-refractivity contribution in [2.24, 2.45) is 0 Å². The van der Waals surface area contributed by atoms with Gasteiger partial charge in [0.25, 0.3) is 0 Å². The van der Waals surface area contributed by atoms with E-state index < -0.39 is 0 Å². The van der Waals surface area contributed by atoms with Crippen molar-refractivity contribution < 1.29 is 0 Å². The molecule has 0 N–H and O–H groups in total. The quantitative estimate of drug-likeness (QED) is 0.163. The molecule has 3 heterocycles. The number of nitrogens with zero attached hydrogens (tertiary/aromatic N) is 5. The monoisotopic (exact) mass is 791 g/mol. The van der Waals surface area contributed by atoms with E-state index in [9.17, 15) is 0 Å². The maximum absolute atomic E-state index is 5.32. The molecule has 0 amide bonds. The molecule has 12 aromatic rings. The van der Waals surface area contributed by atoms with Gasteiger partial charge in [0.15, 0.2) is 17.5 Å². The van der Waals surface area contributed by atoms with Crippen LogP contribution in [-0.2, 0) is 0 Å². The van der Waals surface area contributed by atoms with Crippen molar-refractivity contribution in [3.63, 3.8) is 0 Å². The summed E-state index contributed by atoms with van der Waals surface area (Å²) in [5, 5.41) is 12.2. The molecule has 0 spiro atoms. The summed E-state index contributed by atoms with van der Waals surface area (Å²) in [4.78, 5) is 15.7. The zero-order valence-electron chi connectivity index (χ0n) is 33.7. The third kappa shape index (κ3) is 5.25. The third-order valence-corrected chi connectivity index (χ3v) is 12.8. The van der Waals surface area contributed by atoms with Crippen LogP contribution in [0.4, 0.5) is 0 Å². The molecule has 0 aliphatic heterocycles. The van der Waals surface area contributed by atoms with Gasteiger partial charge in [-0.05, 0) is 87.6 Å². The zero-order valence-corrected chi connectivity index (χ0v) is 33.7. The average molecular weight is 792 g/mol. The minimum absolute atomic E-state index is 0.635. The molecule has 3 aromatic heterocycles. The molecule has 5 nitrogen and oxygen atoms in total. The fourth-order valence-electron chi connectivity index (χ4n) is 10.0. The van der Waals surface area contributed by atoms with Crippen LogP contribution >= 0.6 is 0 Å². The van der Waals surface area contributed by atoms with Gasteiger partial charge in [0.1, 0.15) is 0 Å². The lowest BCUT2D eigenvalue weighted by atomic mass is 9.93. The molecular weight excluding hydrogens is 755 g/mol. The molecule has 0 saturated carbocycles. The fraction of sp³-hybridized carbons (Fsp3) is 0.0351. The molecule has 62 heavy (non-hydrogen) atoms. The van der Waals surface area contributed by atoms with Crippen molar-refractivity contribution in [1.82, 2.24) is 24.1 Å². The molecule has 0 unspecified atom stereocenters.